The van der Waals surface area contributed by atoms with E-state index in [1.54, 1.807) is 11.3 Å². The first-order chi connectivity index (χ1) is 10.1. The van der Waals surface area contributed by atoms with Crippen LogP contribution in [0.5, 0.6) is 0 Å². The lowest BCUT2D eigenvalue weighted by molar-refractivity contribution is 0.100. The van der Waals surface area contributed by atoms with Gasteiger partial charge in [0.05, 0.1) is 4.34 Å². The third-order valence-corrected chi connectivity index (χ3v) is 5.98. The molecule has 1 aliphatic heterocycles. The Hall–Kier alpha value is -0.130. The van der Waals surface area contributed by atoms with Crippen molar-refractivity contribution in [1.82, 2.24) is 9.80 Å². The monoisotopic (exact) mass is 329 g/mol. The molecule has 0 aliphatic carbocycles. The minimum absolute atomic E-state index is 0.138. The van der Waals surface area contributed by atoms with Gasteiger partial charge in [0.15, 0.2) is 0 Å². The fourth-order valence-corrected chi connectivity index (χ4v) is 4.50. The summed E-state index contributed by atoms with van der Waals surface area (Å²) in [6, 6.07) is 4.12. The molecule has 1 aromatic rings. The molecule has 21 heavy (non-hydrogen) atoms. The van der Waals surface area contributed by atoms with Gasteiger partial charge in [0.25, 0.3) is 0 Å². The van der Waals surface area contributed by atoms with E-state index in [-0.39, 0.29) is 5.54 Å². The van der Waals surface area contributed by atoms with E-state index in [9.17, 15) is 0 Å². The molecule has 1 saturated heterocycles. The van der Waals surface area contributed by atoms with Crippen LogP contribution in [0.4, 0.5) is 0 Å². The summed E-state index contributed by atoms with van der Waals surface area (Å²) in [7, 11) is 2.22. The van der Waals surface area contributed by atoms with Gasteiger partial charge < -0.3 is 10.6 Å². The zero-order chi connectivity index (χ0) is 15.3. The Kier molecular flexibility index (Phi) is 6.51. The average molecular weight is 330 g/mol. The van der Waals surface area contributed by atoms with Crippen molar-refractivity contribution in [2.75, 3.05) is 33.2 Å². The van der Waals surface area contributed by atoms with E-state index in [1.807, 2.05) is 6.07 Å². The van der Waals surface area contributed by atoms with Crippen molar-refractivity contribution < 1.29 is 0 Å². The van der Waals surface area contributed by atoms with Crippen LogP contribution >= 0.6 is 22.9 Å². The second-order valence-electron chi connectivity index (χ2n) is 6.19. The van der Waals surface area contributed by atoms with Gasteiger partial charge in [-0.1, -0.05) is 18.5 Å². The van der Waals surface area contributed by atoms with Crippen molar-refractivity contribution in [3.8, 4) is 0 Å². The fourth-order valence-electron chi connectivity index (χ4n) is 3.35. The zero-order valence-corrected chi connectivity index (χ0v) is 14.8. The minimum atomic E-state index is 0.138. The molecule has 2 N–H and O–H groups in total. The average Bonchev–Trinajstić information content (AvgIpc) is 2.75. The molecule has 120 valence electrons. The Balaban J connectivity index is 2.02. The summed E-state index contributed by atoms with van der Waals surface area (Å²) in [4.78, 5) is 6.38. The molecule has 0 amide bonds. The maximum absolute atomic E-state index is 6.20. The van der Waals surface area contributed by atoms with Gasteiger partial charge in [-0.2, -0.15) is 0 Å². The van der Waals surface area contributed by atoms with Gasteiger partial charge in [-0.25, -0.2) is 0 Å². The summed E-state index contributed by atoms with van der Waals surface area (Å²) in [6.45, 7) is 7.54. The molecule has 1 aromatic heterocycles. The first-order valence-electron chi connectivity index (χ1n) is 7.97. The van der Waals surface area contributed by atoms with Crippen molar-refractivity contribution in [3.05, 3.63) is 21.3 Å². The van der Waals surface area contributed by atoms with Crippen LogP contribution in [-0.4, -0.2) is 48.6 Å². The number of rotatable bonds is 6. The summed E-state index contributed by atoms with van der Waals surface area (Å²) in [6.07, 6.45) is 4.84. The molecule has 0 aromatic carbocycles. The predicted molar refractivity (Wildman–Crippen MR) is 93.2 cm³/mol. The second kappa shape index (κ2) is 7.93. The third-order valence-electron chi connectivity index (χ3n) is 4.76. The summed E-state index contributed by atoms with van der Waals surface area (Å²) < 4.78 is 0.871. The van der Waals surface area contributed by atoms with Crippen molar-refractivity contribution >= 4 is 22.9 Å². The number of hydrogen-bond acceptors (Lipinski definition) is 4. The number of hydrogen-bond donors (Lipinski definition) is 1. The fraction of sp³-hybridized carbons (Fsp3) is 0.750. The Morgan fingerprint density at radius 3 is 2.81 bits per heavy atom. The molecule has 0 bridgehead atoms. The van der Waals surface area contributed by atoms with Gasteiger partial charge in [0.1, 0.15) is 0 Å². The van der Waals surface area contributed by atoms with Gasteiger partial charge in [0.2, 0.25) is 0 Å². The molecule has 0 radical (unpaired) electrons. The number of nitrogens with zero attached hydrogens (tertiary/aromatic N) is 2. The van der Waals surface area contributed by atoms with Crippen molar-refractivity contribution in [1.29, 1.82) is 0 Å². The number of halogens is 1. The number of thiophene rings is 1. The Morgan fingerprint density at radius 1 is 1.38 bits per heavy atom. The Bertz CT molecular complexity index is 437. The van der Waals surface area contributed by atoms with Gasteiger partial charge in [-0.05, 0) is 64.5 Å². The van der Waals surface area contributed by atoms with E-state index in [1.165, 1.54) is 50.2 Å². The predicted octanol–water partition coefficient (Wildman–Crippen LogP) is 3.43. The Morgan fingerprint density at radius 2 is 2.19 bits per heavy atom. The van der Waals surface area contributed by atoms with Crippen LogP contribution in [0.15, 0.2) is 12.1 Å². The molecule has 2 rings (SSSR count). The molecule has 1 aliphatic rings. The van der Waals surface area contributed by atoms with Crippen molar-refractivity contribution in [2.24, 2.45) is 5.73 Å². The molecule has 5 heteroatoms. The SMILES string of the molecule is CCCN1CCCC(CN)(N(C)Cc2ccc(Cl)s2)CC1. The molecule has 0 spiro atoms. The van der Waals surface area contributed by atoms with Gasteiger partial charge in [-0.3, -0.25) is 4.90 Å². The van der Waals surface area contributed by atoms with Crippen LogP contribution in [0, 0.1) is 0 Å². The molecule has 1 fully saturated rings. The lowest BCUT2D eigenvalue weighted by Crippen LogP contribution is -2.52. The molecule has 3 nitrogen and oxygen atoms in total. The molecule has 2 heterocycles. The van der Waals surface area contributed by atoms with E-state index < -0.39 is 0 Å². The van der Waals surface area contributed by atoms with Gasteiger partial charge in [0, 0.05) is 23.5 Å². The van der Waals surface area contributed by atoms with Gasteiger partial charge in [-0.15, -0.1) is 11.3 Å². The van der Waals surface area contributed by atoms with Crippen LogP contribution < -0.4 is 5.73 Å². The third kappa shape index (κ3) is 4.42. The highest BCUT2D eigenvalue weighted by molar-refractivity contribution is 7.16. The van der Waals surface area contributed by atoms with Crippen LogP contribution in [-0.2, 0) is 6.54 Å². The van der Waals surface area contributed by atoms with Crippen molar-refractivity contribution in [2.45, 2.75) is 44.7 Å². The molecule has 0 saturated carbocycles. The summed E-state index contributed by atoms with van der Waals surface area (Å²) in [5, 5.41) is 0. The summed E-state index contributed by atoms with van der Waals surface area (Å²) >= 11 is 7.72. The lowest BCUT2D eigenvalue weighted by Gasteiger charge is -2.40. The standard InChI is InChI=1S/C16H28ClN3S/c1-3-9-20-10-4-7-16(13-18,8-11-20)19(2)12-14-5-6-15(17)21-14/h5-6H,3-4,7-13,18H2,1-2H3. The highest BCUT2D eigenvalue weighted by Gasteiger charge is 2.35. The van der Waals surface area contributed by atoms with Crippen LogP contribution in [0.3, 0.4) is 0 Å². The maximum atomic E-state index is 6.20. The van der Waals surface area contributed by atoms with Crippen LogP contribution in [0.2, 0.25) is 4.34 Å². The highest BCUT2D eigenvalue weighted by Crippen LogP contribution is 2.30. The largest absolute Gasteiger partial charge is 0.329 e. The first kappa shape index (κ1) is 17.2. The number of nitrogens with two attached hydrogens (primary N) is 1. The molecule has 1 unspecified atom stereocenters. The normalized spacial score (nSPS) is 24.4. The van der Waals surface area contributed by atoms with E-state index in [0.29, 0.717) is 0 Å². The zero-order valence-electron chi connectivity index (χ0n) is 13.3. The highest BCUT2D eigenvalue weighted by atomic mass is 35.5. The maximum Gasteiger partial charge on any atom is 0.0931 e. The number of likely N-dealkylation sites (N-methyl/N-ethyl adjacent to an activating group) is 1. The van der Waals surface area contributed by atoms with Crippen molar-refractivity contribution in [3.63, 3.8) is 0 Å². The lowest BCUT2D eigenvalue weighted by atomic mass is 9.89. The van der Waals surface area contributed by atoms with Crippen LogP contribution in [0.25, 0.3) is 0 Å². The molecular formula is C16H28ClN3S. The molecular weight excluding hydrogens is 302 g/mol. The first-order valence-corrected chi connectivity index (χ1v) is 9.17. The quantitative estimate of drug-likeness (QED) is 0.868. The minimum Gasteiger partial charge on any atom is -0.329 e. The van der Waals surface area contributed by atoms with E-state index in [0.717, 1.165) is 17.4 Å². The summed E-state index contributed by atoms with van der Waals surface area (Å²) in [5.74, 6) is 0. The number of likely N-dealkylation sites (tertiary alicyclic amines) is 1. The van der Waals surface area contributed by atoms with Crippen LogP contribution in [0.1, 0.15) is 37.5 Å². The van der Waals surface area contributed by atoms with E-state index >= 15 is 0 Å². The smallest absolute Gasteiger partial charge is 0.0931 e. The topological polar surface area (TPSA) is 32.5 Å². The van der Waals surface area contributed by atoms with E-state index in [2.05, 4.69) is 29.8 Å². The molecule has 1 atom stereocenters. The van der Waals surface area contributed by atoms with E-state index in [4.69, 9.17) is 17.3 Å². The second-order valence-corrected chi connectivity index (χ2v) is 7.99. The Labute approximate surface area is 138 Å². The summed E-state index contributed by atoms with van der Waals surface area (Å²) in [5.41, 5.74) is 6.34. The van der Waals surface area contributed by atoms with Gasteiger partial charge >= 0.3 is 0 Å².